The van der Waals surface area contributed by atoms with E-state index in [-0.39, 0.29) is 0 Å². The molecule has 3 aromatic rings. The van der Waals surface area contributed by atoms with Gasteiger partial charge in [0.15, 0.2) is 0 Å². The molecule has 4 nitrogen and oxygen atoms in total. The maximum atomic E-state index is 5.47. The number of fused-ring (bicyclic) bond motifs is 1. The van der Waals surface area contributed by atoms with Crippen LogP contribution in [-0.4, -0.2) is 40.8 Å². The number of aromatic nitrogens is 2. The van der Waals surface area contributed by atoms with Crippen molar-refractivity contribution in [3.8, 4) is 0 Å². The fourth-order valence-electron chi connectivity index (χ4n) is 3.34. The molecule has 0 unspecified atom stereocenters. The molecule has 0 atom stereocenters. The lowest BCUT2D eigenvalue weighted by molar-refractivity contribution is 0.0327. The van der Waals surface area contributed by atoms with Crippen molar-refractivity contribution in [1.29, 1.82) is 0 Å². The number of rotatable bonds is 4. The zero-order chi connectivity index (χ0) is 16.4. The number of para-hydroxylation sites is 2. The van der Waals surface area contributed by atoms with Crippen LogP contribution in [0.4, 0.5) is 0 Å². The third-order valence-corrected chi connectivity index (χ3v) is 4.79. The van der Waals surface area contributed by atoms with Gasteiger partial charge in [0.2, 0.25) is 0 Å². The number of hydrogen-bond donors (Lipinski definition) is 0. The van der Waals surface area contributed by atoms with Gasteiger partial charge < -0.3 is 9.30 Å². The Morgan fingerprint density at radius 1 is 0.958 bits per heavy atom. The van der Waals surface area contributed by atoms with Crippen LogP contribution < -0.4 is 0 Å². The van der Waals surface area contributed by atoms with Gasteiger partial charge >= 0.3 is 0 Å². The fourth-order valence-corrected chi connectivity index (χ4v) is 3.34. The van der Waals surface area contributed by atoms with Crippen LogP contribution in [0.2, 0.25) is 0 Å². The van der Waals surface area contributed by atoms with Crippen molar-refractivity contribution in [2.45, 2.75) is 20.0 Å². The predicted molar refractivity (Wildman–Crippen MR) is 96.1 cm³/mol. The molecule has 0 saturated carbocycles. The maximum Gasteiger partial charge on any atom is 0.124 e. The Bertz CT molecular complexity index is 834. The topological polar surface area (TPSA) is 30.3 Å². The third-order valence-electron chi connectivity index (χ3n) is 4.79. The molecule has 0 N–H and O–H groups in total. The highest BCUT2D eigenvalue weighted by atomic mass is 16.5. The van der Waals surface area contributed by atoms with E-state index in [9.17, 15) is 0 Å². The van der Waals surface area contributed by atoms with Crippen LogP contribution in [-0.2, 0) is 17.8 Å². The van der Waals surface area contributed by atoms with E-state index in [2.05, 4.69) is 64.9 Å². The molecule has 1 aliphatic heterocycles. The van der Waals surface area contributed by atoms with Crippen LogP contribution in [0.25, 0.3) is 11.0 Å². The average molecular weight is 321 g/mol. The van der Waals surface area contributed by atoms with Crippen molar-refractivity contribution in [2.75, 3.05) is 26.3 Å². The van der Waals surface area contributed by atoms with Gasteiger partial charge in [-0.25, -0.2) is 4.98 Å². The van der Waals surface area contributed by atoms with Gasteiger partial charge in [0, 0.05) is 19.6 Å². The van der Waals surface area contributed by atoms with Crippen molar-refractivity contribution in [3.05, 3.63) is 65.5 Å². The molecule has 0 amide bonds. The second kappa shape index (κ2) is 6.75. The van der Waals surface area contributed by atoms with Gasteiger partial charge in [-0.1, -0.05) is 36.4 Å². The summed E-state index contributed by atoms with van der Waals surface area (Å²) in [6.45, 7) is 7.52. The van der Waals surface area contributed by atoms with Crippen LogP contribution >= 0.6 is 0 Å². The van der Waals surface area contributed by atoms with Crippen molar-refractivity contribution in [3.63, 3.8) is 0 Å². The van der Waals surface area contributed by atoms with Gasteiger partial charge in [-0.3, -0.25) is 4.90 Å². The molecule has 2 aromatic carbocycles. The van der Waals surface area contributed by atoms with Gasteiger partial charge in [-0.15, -0.1) is 0 Å². The molecule has 1 aromatic heterocycles. The van der Waals surface area contributed by atoms with Gasteiger partial charge in [0.05, 0.1) is 30.8 Å². The monoisotopic (exact) mass is 321 g/mol. The van der Waals surface area contributed by atoms with Crippen molar-refractivity contribution >= 4 is 11.0 Å². The van der Waals surface area contributed by atoms with Gasteiger partial charge in [-0.05, 0) is 30.2 Å². The Morgan fingerprint density at radius 2 is 1.71 bits per heavy atom. The average Bonchev–Trinajstić information content (AvgIpc) is 2.95. The fraction of sp³-hybridized carbons (Fsp3) is 0.350. The van der Waals surface area contributed by atoms with E-state index in [4.69, 9.17) is 9.72 Å². The molecule has 24 heavy (non-hydrogen) atoms. The molecule has 4 heteroatoms. The van der Waals surface area contributed by atoms with Crippen LogP contribution in [0, 0.1) is 6.92 Å². The third kappa shape index (κ3) is 3.07. The lowest BCUT2D eigenvalue weighted by Gasteiger charge is -2.26. The minimum Gasteiger partial charge on any atom is -0.379 e. The number of hydrogen-bond acceptors (Lipinski definition) is 3. The normalized spacial score (nSPS) is 15.9. The first-order valence-electron chi connectivity index (χ1n) is 8.60. The van der Waals surface area contributed by atoms with Gasteiger partial charge in [0.1, 0.15) is 5.82 Å². The second-order valence-corrected chi connectivity index (χ2v) is 6.42. The molecule has 4 rings (SSSR count). The smallest absolute Gasteiger partial charge is 0.124 e. The van der Waals surface area contributed by atoms with E-state index >= 15 is 0 Å². The summed E-state index contributed by atoms with van der Waals surface area (Å²) >= 11 is 0. The molecule has 0 spiro atoms. The second-order valence-electron chi connectivity index (χ2n) is 6.42. The standard InChI is InChI=1S/C20H23N3O/c1-16-6-2-3-7-17(16)14-23-19-9-5-4-8-18(19)21-20(23)15-22-10-12-24-13-11-22/h2-9H,10-15H2,1H3. The zero-order valence-electron chi connectivity index (χ0n) is 14.1. The predicted octanol–water partition coefficient (Wildman–Crippen LogP) is 3.23. The molecule has 0 aliphatic carbocycles. The molecule has 124 valence electrons. The summed E-state index contributed by atoms with van der Waals surface area (Å²) in [5.41, 5.74) is 4.97. The number of benzene rings is 2. The van der Waals surface area contributed by atoms with Crippen molar-refractivity contribution < 1.29 is 4.74 Å². The number of imidazole rings is 1. The largest absolute Gasteiger partial charge is 0.379 e. The Balaban J connectivity index is 1.71. The molecule has 2 heterocycles. The van der Waals surface area contributed by atoms with Gasteiger partial charge in [-0.2, -0.15) is 0 Å². The van der Waals surface area contributed by atoms with Crippen LogP contribution in [0.5, 0.6) is 0 Å². The number of morpholine rings is 1. The SMILES string of the molecule is Cc1ccccc1Cn1c(CN2CCOCC2)nc2ccccc21. The summed E-state index contributed by atoms with van der Waals surface area (Å²) in [4.78, 5) is 7.34. The van der Waals surface area contributed by atoms with Gasteiger partial charge in [0.25, 0.3) is 0 Å². The minimum absolute atomic E-state index is 0.817. The number of aryl methyl sites for hydroxylation is 1. The summed E-state index contributed by atoms with van der Waals surface area (Å²) in [5.74, 6) is 1.14. The first kappa shape index (κ1) is 15.4. The van der Waals surface area contributed by atoms with Crippen LogP contribution in [0.3, 0.4) is 0 Å². The Kier molecular flexibility index (Phi) is 4.32. The first-order valence-corrected chi connectivity index (χ1v) is 8.60. The van der Waals surface area contributed by atoms with E-state index in [1.807, 2.05) is 0 Å². The molecular formula is C20H23N3O. The Hall–Kier alpha value is -2.17. The Labute approximate surface area is 142 Å². The van der Waals surface area contributed by atoms with Crippen molar-refractivity contribution in [1.82, 2.24) is 14.5 Å². The lowest BCUT2D eigenvalue weighted by Crippen LogP contribution is -2.36. The highest BCUT2D eigenvalue weighted by Gasteiger charge is 2.17. The minimum atomic E-state index is 0.817. The van der Waals surface area contributed by atoms with E-state index in [1.54, 1.807) is 0 Å². The highest BCUT2D eigenvalue weighted by Crippen LogP contribution is 2.20. The summed E-state index contributed by atoms with van der Waals surface area (Å²) < 4.78 is 7.84. The van der Waals surface area contributed by atoms with Crippen molar-refractivity contribution in [2.24, 2.45) is 0 Å². The van der Waals surface area contributed by atoms with Crippen LogP contribution in [0.15, 0.2) is 48.5 Å². The Morgan fingerprint density at radius 3 is 2.54 bits per heavy atom. The molecule has 0 radical (unpaired) electrons. The van der Waals surface area contributed by atoms with Crippen LogP contribution in [0.1, 0.15) is 17.0 Å². The van der Waals surface area contributed by atoms with E-state index in [0.717, 1.165) is 50.7 Å². The summed E-state index contributed by atoms with van der Waals surface area (Å²) in [5, 5.41) is 0. The quantitative estimate of drug-likeness (QED) is 0.739. The summed E-state index contributed by atoms with van der Waals surface area (Å²) in [7, 11) is 0. The maximum absolute atomic E-state index is 5.47. The highest BCUT2D eigenvalue weighted by molar-refractivity contribution is 5.76. The van der Waals surface area contributed by atoms with E-state index < -0.39 is 0 Å². The number of nitrogens with zero attached hydrogens (tertiary/aromatic N) is 3. The summed E-state index contributed by atoms with van der Waals surface area (Å²) in [6.07, 6.45) is 0. The molecule has 0 bridgehead atoms. The zero-order valence-corrected chi connectivity index (χ0v) is 14.1. The molecule has 1 fully saturated rings. The van der Waals surface area contributed by atoms with E-state index in [0.29, 0.717) is 0 Å². The lowest BCUT2D eigenvalue weighted by atomic mass is 10.1. The number of ether oxygens (including phenoxy) is 1. The molecule has 1 aliphatic rings. The summed E-state index contributed by atoms with van der Waals surface area (Å²) in [6, 6.07) is 17.0. The molecular weight excluding hydrogens is 298 g/mol. The molecule has 1 saturated heterocycles. The first-order chi connectivity index (χ1) is 11.8. The van der Waals surface area contributed by atoms with E-state index in [1.165, 1.54) is 16.6 Å².